The number of amides is 1. The summed E-state index contributed by atoms with van der Waals surface area (Å²) in [5.74, 6) is -0.677. The molecule has 2 N–H and O–H groups in total. The highest BCUT2D eigenvalue weighted by atomic mass is 16.4. The Balaban J connectivity index is 1.34. The van der Waals surface area contributed by atoms with Crippen LogP contribution in [0.15, 0.2) is 47.6 Å². The number of hydrogen-bond acceptors (Lipinski definition) is 4. The highest BCUT2D eigenvalue weighted by molar-refractivity contribution is 6.04. The van der Waals surface area contributed by atoms with E-state index < -0.39 is 5.97 Å². The first-order valence-corrected chi connectivity index (χ1v) is 11.6. The van der Waals surface area contributed by atoms with Crippen molar-refractivity contribution in [2.24, 2.45) is 11.0 Å². The molecule has 6 heteroatoms. The minimum absolute atomic E-state index is 0.138. The van der Waals surface area contributed by atoms with E-state index in [9.17, 15) is 9.59 Å². The van der Waals surface area contributed by atoms with Gasteiger partial charge in [0, 0.05) is 30.8 Å². The molecule has 6 nitrogen and oxygen atoms in total. The standard InChI is InChI=1S/C26H31N3O3/c30-25(31)16-20-7-10-23-17-24(12-11-22(23)15-20)28-26(32)21-8-5-19(6-9-21)18-27-29-13-3-1-2-4-14-29/h5-6,8-9,11-12,17-18,20H,1-4,7,10,13-16H2,(H,28,32)(H,30,31). The molecule has 1 aliphatic carbocycles. The number of anilines is 1. The fraction of sp³-hybridized carbons (Fsp3) is 0.423. The molecule has 1 heterocycles. The Kier molecular flexibility index (Phi) is 7.20. The largest absolute Gasteiger partial charge is 0.481 e. The molecule has 1 saturated heterocycles. The molecule has 0 radical (unpaired) electrons. The fourth-order valence-electron chi connectivity index (χ4n) is 4.57. The van der Waals surface area contributed by atoms with Gasteiger partial charge in [0.2, 0.25) is 0 Å². The third-order valence-corrected chi connectivity index (χ3v) is 6.38. The van der Waals surface area contributed by atoms with Gasteiger partial charge in [-0.1, -0.05) is 31.0 Å². The number of rotatable bonds is 6. The van der Waals surface area contributed by atoms with Crippen molar-refractivity contribution in [2.75, 3.05) is 18.4 Å². The second-order valence-corrected chi connectivity index (χ2v) is 8.88. The summed E-state index contributed by atoms with van der Waals surface area (Å²) >= 11 is 0. The number of nitrogens with one attached hydrogen (secondary N) is 1. The Morgan fingerprint density at radius 1 is 1.03 bits per heavy atom. The first kappa shape index (κ1) is 22.1. The Bertz CT molecular complexity index is 976. The summed E-state index contributed by atoms with van der Waals surface area (Å²) in [7, 11) is 0. The number of carbonyl (C=O) groups excluding carboxylic acids is 1. The molecule has 1 atom stereocenters. The van der Waals surface area contributed by atoms with Crippen LogP contribution >= 0.6 is 0 Å². The average Bonchev–Trinajstić information content (AvgIpc) is 3.06. The number of fused-ring (bicyclic) bond motifs is 1. The van der Waals surface area contributed by atoms with Crippen molar-refractivity contribution in [3.05, 3.63) is 64.7 Å². The molecule has 4 rings (SSSR count). The zero-order chi connectivity index (χ0) is 22.3. The van der Waals surface area contributed by atoms with Gasteiger partial charge in [-0.25, -0.2) is 0 Å². The van der Waals surface area contributed by atoms with E-state index in [4.69, 9.17) is 5.11 Å². The van der Waals surface area contributed by atoms with E-state index in [1.165, 1.54) is 36.8 Å². The molecule has 32 heavy (non-hydrogen) atoms. The number of nitrogens with zero attached hydrogens (tertiary/aromatic N) is 2. The van der Waals surface area contributed by atoms with Gasteiger partial charge in [-0.2, -0.15) is 5.10 Å². The van der Waals surface area contributed by atoms with Crippen molar-refractivity contribution >= 4 is 23.8 Å². The summed E-state index contributed by atoms with van der Waals surface area (Å²) in [6, 6.07) is 13.4. The van der Waals surface area contributed by atoms with Gasteiger partial charge in [-0.15, -0.1) is 0 Å². The number of benzene rings is 2. The highest BCUT2D eigenvalue weighted by Gasteiger charge is 2.21. The zero-order valence-corrected chi connectivity index (χ0v) is 18.4. The van der Waals surface area contributed by atoms with E-state index in [-0.39, 0.29) is 18.2 Å². The molecule has 0 aromatic heterocycles. The van der Waals surface area contributed by atoms with Crippen LogP contribution in [0.4, 0.5) is 5.69 Å². The van der Waals surface area contributed by atoms with Crippen LogP contribution in [0.1, 0.15) is 65.6 Å². The molecule has 168 valence electrons. The van der Waals surface area contributed by atoms with Gasteiger partial charge in [-0.05, 0) is 79.0 Å². The van der Waals surface area contributed by atoms with E-state index in [1.54, 1.807) is 0 Å². The van der Waals surface area contributed by atoms with Gasteiger partial charge in [0.25, 0.3) is 5.91 Å². The summed E-state index contributed by atoms with van der Waals surface area (Å²) in [6.07, 6.45) is 9.56. The second kappa shape index (κ2) is 10.4. The molecule has 1 unspecified atom stereocenters. The quantitative estimate of drug-likeness (QED) is 0.646. The number of carbonyl (C=O) groups is 2. The van der Waals surface area contributed by atoms with E-state index >= 15 is 0 Å². The van der Waals surface area contributed by atoms with Crippen molar-refractivity contribution in [3.8, 4) is 0 Å². The number of aryl methyl sites for hydroxylation is 1. The van der Waals surface area contributed by atoms with Crippen LogP contribution in [0.3, 0.4) is 0 Å². The average molecular weight is 434 g/mol. The molecule has 0 saturated carbocycles. The summed E-state index contributed by atoms with van der Waals surface area (Å²) in [6.45, 7) is 2.02. The topological polar surface area (TPSA) is 82.0 Å². The predicted octanol–water partition coefficient (Wildman–Crippen LogP) is 4.73. The van der Waals surface area contributed by atoms with Crippen LogP contribution in [-0.4, -0.2) is 41.3 Å². The molecule has 2 aromatic carbocycles. The molecular weight excluding hydrogens is 402 g/mol. The van der Waals surface area contributed by atoms with E-state index in [1.807, 2.05) is 48.7 Å². The summed E-state index contributed by atoms with van der Waals surface area (Å²) in [5.41, 5.74) is 4.75. The Morgan fingerprint density at radius 2 is 1.78 bits per heavy atom. The lowest BCUT2D eigenvalue weighted by Crippen LogP contribution is -2.18. The maximum absolute atomic E-state index is 12.7. The maximum Gasteiger partial charge on any atom is 0.303 e. The van der Waals surface area contributed by atoms with Crippen LogP contribution < -0.4 is 5.32 Å². The van der Waals surface area contributed by atoms with Gasteiger partial charge in [0.1, 0.15) is 0 Å². The lowest BCUT2D eigenvalue weighted by atomic mass is 9.82. The fourth-order valence-corrected chi connectivity index (χ4v) is 4.57. The monoisotopic (exact) mass is 433 g/mol. The van der Waals surface area contributed by atoms with Crippen molar-refractivity contribution < 1.29 is 14.7 Å². The van der Waals surface area contributed by atoms with Gasteiger partial charge in [0.15, 0.2) is 0 Å². The zero-order valence-electron chi connectivity index (χ0n) is 18.4. The van der Waals surface area contributed by atoms with E-state index in [0.29, 0.717) is 5.56 Å². The molecule has 0 bridgehead atoms. The molecule has 2 aromatic rings. The summed E-state index contributed by atoms with van der Waals surface area (Å²) in [4.78, 5) is 23.7. The highest BCUT2D eigenvalue weighted by Crippen LogP contribution is 2.29. The van der Waals surface area contributed by atoms with E-state index in [0.717, 1.165) is 43.6 Å². The van der Waals surface area contributed by atoms with Crippen LogP contribution in [0.2, 0.25) is 0 Å². The maximum atomic E-state index is 12.7. The predicted molar refractivity (Wildman–Crippen MR) is 126 cm³/mol. The summed E-state index contributed by atoms with van der Waals surface area (Å²) in [5, 5.41) is 18.7. The van der Waals surface area contributed by atoms with Crippen molar-refractivity contribution in [3.63, 3.8) is 0 Å². The first-order chi connectivity index (χ1) is 15.6. The minimum atomic E-state index is -0.735. The molecule has 0 spiro atoms. The lowest BCUT2D eigenvalue weighted by Gasteiger charge is -2.24. The Morgan fingerprint density at radius 3 is 2.50 bits per heavy atom. The number of carboxylic acid groups (broad SMARTS) is 1. The van der Waals surface area contributed by atoms with Gasteiger partial charge < -0.3 is 10.4 Å². The first-order valence-electron chi connectivity index (χ1n) is 11.6. The summed E-state index contributed by atoms with van der Waals surface area (Å²) < 4.78 is 0. The minimum Gasteiger partial charge on any atom is -0.481 e. The second-order valence-electron chi connectivity index (χ2n) is 8.88. The molecule has 1 amide bonds. The van der Waals surface area contributed by atoms with Crippen molar-refractivity contribution in [1.82, 2.24) is 5.01 Å². The van der Waals surface area contributed by atoms with Crippen LogP contribution in [0.5, 0.6) is 0 Å². The molecular formula is C26H31N3O3. The number of hydrogen-bond donors (Lipinski definition) is 2. The van der Waals surface area contributed by atoms with Crippen molar-refractivity contribution in [1.29, 1.82) is 0 Å². The normalized spacial score (nSPS) is 18.8. The Hall–Kier alpha value is -3.15. The third kappa shape index (κ3) is 5.96. The smallest absolute Gasteiger partial charge is 0.303 e. The SMILES string of the molecule is O=C(O)CC1CCc2cc(NC(=O)c3ccc(C=NN4CCCCCC4)cc3)ccc2C1. The Labute approximate surface area is 189 Å². The van der Waals surface area contributed by atoms with Gasteiger partial charge in [-0.3, -0.25) is 14.6 Å². The van der Waals surface area contributed by atoms with E-state index in [2.05, 4.69) is 15.4 Å². The molecule has 1 fully saturated rings. The van der Waals surface area contributed by atoms with Gasteiger partial charge >= 0.3 is 5.97 Å². The number of aliphatic carboxylic acids is 1. The number of carboxylic acids is 1. The van der Waals surface area contributed by atoms with Gasteiger partial charge in [0.05, 0.1) is 6.21 Å². The molecule has 1 aliphatic heterocycles. The third-order valence-electron chi connectivity index (χ3n) is 6.38. The van der Waals surface area contributed by atoms with Crippen LogP contribution in [0, 0.1) is 5.92 Å². The number of hydrazone groups is 1. The molecule has 2 aliphatic rings. The lowest BCUT2D eigenvalue weighted by molar-refractivity contribution is -0.138. The van der Waals surface area contributed by atoms with Crippen molar-refractivity contribution in [2.45, 2.75) is 51.4 Å². The van der Waals surface area contributed by atoms with Crippen LogP contribution in [0.25, 0.3) is 0 Å². The van der Waals surface area contributed by atoms with Crippen LogP contribution in [-0.2, 0) is 17.6 Å².